The first-order valence-corrected chi connectivity index (χ1v) is 8.99. The van der Waals surface area contributed by atoms with Crippen molar-refractivity contribution in [2.24, 2.45) is 5.92 Å². The van der Waals surface area contributed by atoms with E-state index in [1.807, 2.05) is 24.3 Å². The number of nitriles is 1. The molecule has 0 bridgehead atoms. The van der Waals surface area contributed by atoms with Gasteiger partial charge in [0, 0.05) is 5.92 Å². The summed E-state index contributed by atoms with van der Waals surface area (Å²) in [5, 5.41) is 21.7. The van der Waals surface area contributed by atoms with Crippen molar-refractivity contribution in [1.82, 2.24) is 5.32 Å². The largest absolute Gasteiger partial charge is 0.496 e. The number of benzene rings is 2. The van der Waals surface area contributed by atoms with E-state index in [9.17, 15) is 14.9 Å². The van der Waals surface area contributed by atoms with Crippen molar-refractivity contribution in [3.8, 4) is 11.8 Å². The molecule has 2 aromatic rings. The van der Waals surface area contributed by atoms with E-state index in [4.69, 9.17) is 9.84 Å². The molecule has 1 aliphatic carbocycles. The molecule has 2 atom stereocenters. The van der Waals surface area contributed by atoms with Gasteiger partial charge in [0.15, 0.2) is 0 Å². The third kappa shape index (κ3) is 2.72. The van der Waals surface area contributed by atoms with Gasteiger partial charge in [0.05, 0.1) is 18.7 Å². The minimum absolute atomic E-state index is 0.0670. The van der Waals surface area contributed by atoms with Gasteiger partial charge in [-0.05, 0) is 53.3 Å². The Morgan fingerprint density at radius 3 is 2.64 bits per heavy atom. The topological polar surface area (TPSA) is 99.4 Å². The number of carboxylic acid groups (broad SMARTS) is 1. The summed E-state index contributed by atoms with van der Waals surface area (Å²) in [6, 6.07) is 13.9. The third-order valence-electron chi connectivity index (χ3n) is 5.54. The fourth-order valence-electron chi connectivity index (χ4n) is 4.29. The molecule has 140 valence electrons. The summed E-state index contributed by atoms with van der Waals surface area (Å²) in [6.45, 7) is 0. The summed E-state index contributed by atoms with van der Waals surface area (Å²) in [7, 11) is 1.63. The fraction of sp³-hybridized carbons (Fsp3) is 0.227. The van der Waals surface area contributed by atoms with Gasteiger partial charge in [0.25, 0.3) is 5.91 Å². The quantitative estimate of drug-likeness (QED) is 0.860. The zero-order valence-corrected chi connectivity index (χ0v) is 15.2. The number of amides is 1. The number of nitrogens with one attached hydrogen (secondary N) is 1. The lowest BCUT2D eigenvalue weighted by Crippen LogP contribution is -2.42. The van der Waals surface area contributed by atoms with Gasteiger partial charge in [-0.3, -0.25) is 4.79 Å². The highest BCUT2D eigenvalue weighted by Crippen LogP contribution is 2.47. The Bertz CT molecular complexity index is 1050. The lowest BCUT2D eigenvalue weighted by molar-refractivity contribution is -0.118. The number of fused-ring (bicyclic) bond motifs is 3. The standard InChI is InChI=1S/C22H18N2O4/c1-28-18-4-2-3-15-14(18)9-10-16-19(17(11-23)21(25)24-20(15)16)12-5-7-13(8-6-12)22(26)27/h2-8,16,20H,9-10H2,1H3,(H,24,25)(H,26,27). The minimum Gasteiger partial charge on any atom is -0.496 e. The van der Waals surface area contributed by atoms with Crippen LogP contribution in [0.1, 0.15) is 39.5 Å². The Kier molecular flexibility index (Phi) is 4.36. The van der Waals surface area contributed by atoms with E-state index in [0.29, 0.717) is 11.1 Å². The molecule has 2 N–H and O–H groups in total. The highest BCUT2D eigenvalue weighted by molar-refractivity contribution is 6.07. The Morgan fingerprint density at radius 2 is 2.00 bits per heavy atom. The number of rotatable bonds is 3. The van der Waals surface area contributed by atoms with Crippen LogP contribution in [0.2, 0.25) is 0 Å². The van der Waals surface area contributed by atoms with Gasteiger partial charge in [-0.25, -0.2) is 4.79 Å². The second-order valence-electron chi connectivity index (χ2n) is 6.91. The van der Waals surface area contributed by atoms with E-state index < -0.39 is 11.9 Å². The van der Waals surface area contributed by atoms with Crippen molar-refractivity contribution in [2.75, 3.05) is 7.11 Å². The zero-order chi connectivity index (χ0) is 19.8. The molecule has 2 unspecified atom stereocenters. The van der Waals surface area contributed by atoms with Crippen molar-refractivity contribution in [2.45, 2.75) is 18.9 Å². The van der Waals surface area contributed by atoms with Crippen LogP contribution in [0, 0.1) is 17.2 Å². The molecule has 2 aliphatic rings. The molecule has 1 amide bonds. The molecule has 1 aliphatic heterocycles. The summed E-state index contributed by atoms with van der Waals surface area (Å²) in [4.78, 5) is 23.8. The maximum atomic E-state index is 12.7. The van der Waals surface area contributed by atoms with Crippen molar-refractivity contribution in [3.63, 3.8) is 0 Å². The molecule has 2 aromatic carbocycles. The molecule has 0 aromatic heterocycles. The van der Waals surface area contributed by atoms with Crippen molar-refractivity contribution < 1.29 is 19.4 Å². The molecular formula is C22H18N2O4. The van der Waals surface area contributed by atoms with Crippen LogP contribution < -0.4 is 10.1 Å². The van der Waals surface area contributed by atoms with Crippen molar-refractivity contribution in [1.29, 1.82) is 5.26 Å². The number of carboxylic acids is 1. The molecule has 0 radical (unpaired) electrons. The van der Waals surface area contributed by atoms with Gasteiger partial charge < -0.3 is 15.2 Å². The molecule has 0 spiro atoms. The van der Waals surface area contributed by atoms with Crippen LogP contribution >= 0.6 is 0 Å². The molecule has 6 heteroatoms. The predicted molar refractivity (Wildman–Crippen MR) is 102 cm³/mol. The van der Waals surface area contributed by atoms with Crippen LogP contribution in [0.5, 0.6) is 5.75 Å². The lowest BCUT2D eigenvalue weighted by Gasteiger charge is -2.39. The summed E-state index contributed by atoms with van der Waals surface area (Å²) >= 11 is 0. The van der Waals surface area contributed by atoms with E-state index in [2.05, 4.69) is 5.32 Å². The van der Waals surface area contributed by atoms with Crippen LogP contribution in [-0.2, 0) is 11.2 Å². The predicted octanol–water partition coefficient (Wildman–Crippen LogP) is 3.10. The molecule has 1 heterocycles. The number of nitrogens with zero attached hydrogens (tertiary/aromatic N) is 1. The number of carbonyl (C=O) groups is 2. The lowest BCUT2D eigenvalue weighted by atomic mass is 9.71. The Hall–Kier alpha value is -3.59. The maximum absolute atomic E-state index is 12.7. The second kappa shape index (κ2) is 6.86. The summed E-state index contributed by atoms with van der Waals surface area (Å²) in [5.74, 6) is -0.689. The molecule has 0 saturated carbocycles. The molecule has 6 nitrogen and oxygen atoms in total. The smallest absolute Gasteiger partial charge is 0.335 e. The normalized spacial score (nSPS) is 20.5. The van der Waals surface area contributed by atoms with E-state index in [1.165, 1.54) is 12.1 Å². The summed E-state index contributed by atoms with van der Waals surface area (Å²) in [6.07, 6.45) is 1.52. The minimum atomic E-state index is -1.01. The van der Waals surface area contributed by atoms with E-state index in [-0.39, 0.29) is 23.1 Å². The Labute approximate surface area is 162 Å². The SMILES string of the molecule is COc1cccc2c1CCC1C(c3ccc(C(=O)O)cc3)=C(C#N)C(=O)NC21. The van der Waals surface area contributed by atoms with E-state index in [0.717, 1.165) is 29.7 Å². The molecule has 4 rings (SSSR count). The van der Waals surface area contributed by atoms with Gasteiger partial charge >= 0.3 is 5.97 Å². The van der Waals surface area contributed by atoms with Gasteiger partial charge in [-0.2, -0.15) is 5.26 Å². The van der Waals surface area contributed by atoms with E-state index in [1.54, 1.807) is 19.2 Å². The second-order valence-corrected chi connectivity index (χ2v) is 6.91. The third-order valence-corrected chi connectivity index (χ3v) is 5.54. The van der Waals surface area contributed by atoms with E-state index >= 15 is 0 Å². The number of hydrogen-bond donors (Lipinski definition) is 2. The number of hydrogen-bond acceptors (Lipinski definition) is 4. The molecule has 0 saturated heterocycles. The maximum Gasteiger partial charge on any atom is 0.335 e. The van der Waals surface area contributed by atoms with Gasteiger partial charge in [-0.15, -0.1) is 0 Å². The Balaban J connectivity index is 1.84. The average molecular weight is 374 g/mol. The molecule has 0 fully saturated rings. The van der Waals surface area contributed by atoms with Crippen LogP contribution in [-0.4, -0.2) is 24.1 Å². The number of carbonyl (C=O) groups excluding carboxylic acids is 1. The number of methoxy groups -OCH3 is 1. The van der Waals surface area contributed by atoms with Crippen LogP contribution in [0.3, 0.4) is 0 Å². The Morgan fingerprint density at radius 1 is 1.25 bits per heavy atom. The van der Waals surface area contributed by atoms with Crippen LogP contribution in [0.25, 0.3) is 5.57 Å². The fourth-order valence-corrected chi connectivity index (χ4v) is 4.29. The average Bonchev–Trinajstić information content (AvgIpc) is 2.72. The van der Waals surface area contributed by atoms with Crippen LogP contribution in [0.15, 0.2) is 48.0 Å². The molecular weight excluding hydrogens is 356 g/mol. The zero-order valence-electron chi connectivity index (χ0n) is 15.2. The first-order chi connectivity index (χ1) is 13.5. The highest BCUT2D eigenvalue weighted by Gasteiger charge is 2.41. The highest BCUT2D eigenvalue weighted by atomic mass is 16.5. The van der Waals surface area contributed by atoms with Crippen LogP contribution in [0.4, 0.5) is 0 Å². The first kappa shape index (κ1) is 17.8. The van der Waals surface area contributed by atoms with Gasteiger partial charge in [0.1, 0.15) is 17.4 Å². The molecule has 28 heavy (non-hydrogen) atoms. The van der Waals surface area contributed by atoms with Crippen molar-refractivity contribution >= 4 is 17.4 Å². The number of aromatic carboxylic acids is 1. The summed E-state index contributed by atoms with van der Waals surface area (Å²) in [5.41, 5.74) is 3.72. The van der Waals surface area contributed by atoms with Crippen molar-refractivity contribution in [3.05, 3.63) is 70.3 Å². The van der Waals surface area contributed by atoms with Gasteiger partial charge in [0.2, 0.25) is 0 Å². The monoisotopic (exact) mass is 374 g/mol. The first-order valence-electron chi connectivity index (χ1n) is 8.99. The van der Waals surface area contributed by atoms with Gasteiger partial charge in [-0.1, -0.05) is 24.3 Å². The number of ether oxygens (including phenoxy) is 1. The summed E-state index contributed by atoms with van der Waals surface area (Å²) < 4.78 is 5.48.